The largest absolute Gasteiger partial charge is 0.468 e. The van der Waals surface area contributed by atoms with Gasteiger partial charge in [-0.1, -0.05) is 33.8 Å². The quantitative estimate of drug-likeness (QED) is 0.600. The molecule has 0 aliphatic rings. The molecule has 1 aromatic heterocycles. The number of tetrazole rings is 1. The molecule has 0 unspecified atom stereocenters. The summed E-state index contributed by atoms with van der Waals surface area (Å²) in [7, 11) is 1.29. The summed E-state index contributed by atoms with van der Waals surface area (Å²) in [5.74, 6) is -0.395. The predicted octanol–water partition coefficient (Wildman–Crippen LogP) is 2.04. The Balaban J connectivity index is 2.04. The molecule has 0 amide bonds. The average Bonchev–Trinajstić information content (AvgIpc) is 2.85. The van der Waals surface area contributed by atoms with Crippen LogP contribution in [-0.4, -0.2) is 33.3 Å². The van der Waals surface area contributed by atoms with Crippen LogP contribution in [0.2, 0.25) is 0 Å². The van der Waals surface area contributed by atoms with E-state index in [1.165, 1.54) is 29.6 Å². The smallest absolute Gasteiger partial charge is 0.327 e. The number of nitrogens with zero attached hydrogens (tertiary/aromatic N) is 4. The molecule has 0 radical (unpaired) electrons. The molecule has 2 aromatic rings. The van der Waals surface area contributed by atoms with E-state index in [0.29, 0.717) is 20.9 Å². The van der Waals surface area contributed by atoms with Gasteiger partial charge in [-0.25, -0.2) is 9.07 Å². The first-order chi connectivity index (χ1) is 9.60. The zero-order valence-electron chi connectivity index (χ0n) is 10.4. The molecule has 0 bridgehead atoms. The first kappa shape index (κ1) is 14.9. The van der Waals surface area contributed by atoms with Gasteiger partial charge in [0.25, 0.3) is 0 Å². The summed E-state index contributed by atoms with van der Waals surface area (Å²) in [6.07, 6.45) is 0. The van der Waals surface area contributed by atoms with E-state index in [0.717, 1.165) is 0 Å². The third-order valence-electron chi connectivity index (χ3n) is 2.38. The Morgan fingerprint density at radius 2 is 2.35 bits per heavy atom. The molecule has 0 aliphatic heterocycles. The van der Waals surface area contributed by atoms with E-state index in [4.69, 9.17) is 0 Å². The molecule has 20 heavy (non-hydrogen) atoms. The fourth-order valence-corrected chi connectivity index (χ4v) is 2.56. The van der Waals surface area contributed by atoms with Crippen molar-refractivity contribution in [2.75, 3.05) is 7.11 Å². The summed E-state index contributed by atoms with van der Waals surface area (Å²) < 4.78 is 20.2. The van der Waals surface area contributed by atoms with Crippen LogP contribution in [0.1, 0.15) is 5.56 Å². The lowest BCUT2D eigenvalue weighted by atomic mass is 10.2. The van der Waals surface area contributed by atoms with Crippen LogP contribution in [0.15, 0.2) is 27.8 Å². The maximum atomic E-state index is 13.7. The van der Waals surface area contributed by atoms with Crippen LogP contribution in [-0.2, 0) is 21.8 Å². The molecule has 2 rings (SSSR count). The predicted molar refractivity (Wildman–Crippen MR) is 73.5 cm³/mol. The minimum Gasteiger partial charge on any atom is -0.468 e. The lowest BCUT2D eigenvalue weighted by Gasteiger charge is -2.04. The van der Waals surface area contributed by atoms with Gasteiger partial charge in [0.2, 0.25) is 5.16 Å². The second kappa shape index (κ2) is 6.80. The average molecular weight is 361 g/mol. The molecular formula is C11H10BrFN4O2S. The van der Waals surface area contributed by atoms with Gasteiger partial charge in [-0.3, -0.25) is 4.79 Å². The summed E-state index contributed by atoms with van der Waals surface area (Å²) in [5.41, 5.74) is 0.533. The number of methoxy groups -OCH3 is 1. The van der Waals surface area contributed by atoms with Crippen LogP contribution < -0.4 is 0 Å². The maximum absolute atomic E-state index is 13.7. The molecular weight excluding hydrogens is 351 g/mol. The summed E-state index contributed by atoms with van der Waals surface area (Å²) in [5, 5.41) is 11.4. The molecule has 6 nitrogen and oxygen atoms in total. The number of halogens is 2. The lowest BCUT2D eigenvalue weighted by molar-refractivity contribution is -0.141. The van der Waals surface area contributed by atoms with Crippen LogP contribution in [0.25, 0.3) is 0 Å². The van der Waals surface area contributed by atoms with E-state index in [9.17, 15) is 9.18 Å². The van der Waals surface area contributed by atoms with E-state index >= 15 is 0 Å². The summed E-state index contributed by atoms with van der Waals surface area (Å²) in [6.45, 7) is -0.0747. The molecule has 0 saturated heterocycles. The fourth-order valence-electron chi connectivity index (χ4n) is 1.37. The molecule has 0 saturated carbocycles. The van der Waals surface area contributed by atoms with Crippen LogP contribution >= 0.6 is 27.7 Å². The number of rotatable bonds is 5. The number of carbonyl (C=O) groups excluding carboxylic acids is 1. The number of hydrogen-bond acceptors (Lipinski definition) is 6. The third kappa shape index (κ3) is 3.76. The van der Waals surface area contributed by atoms with E-state index in [2.05, 4.69) is 36.2 Å². The number of esters is 1. The SMILES string of the molecule is COC(=O)Cn1nnnc1SCc1ccc(Br)cc1F. The molecule has 0 spiro atoms. The lowest BCUT2D eigenvalue weighted by Crippen LogP contribution is -2.13. The van der Waals surface area contributed by atoms with Crippen molar-refractivity contribution in [3.05, 3.63) is 34.1 Å². The normalized spacial score (nSPS) is 10.6. The van der Waals surface area contributed by atoms with Gasteiger partial charge in [0, 0.05) is 10.2 Å². The van der Waals surface area contributed by atoms with Crippen LogP contribution in [0, 0.1) is 5.82 Å². The molecule has 1 heterocycles. The first-order valence-corrected chi connectivity index (χ1v) is 7.27. The van der Waals surface area contributed by atoms with E-state index < -0.39 is 5.97 Å². The van der Waals surface area contributed by atoms with E-state index in [-0.39, 0.29) is 12.4 Å². The van der Waals surface area contributed by atoms with Gasteiger partial charge >= 0.3 is 5.97 Å². The number of carbonyl (C=O) groups is 1. The third-order valence-corrected chi connectivity index (χ3v) is 3.88. The molecule has 0 aliphatic carbocycles. The van der Waals surface area contributed by atoms with Gasteiger partial charge in [-0.05, 0) is 28.1 Å². The number of thioether (sulfide) groups is 1. The summed E-state index contributed by atoms with van der Waals surface area (Å²) >= 11 is 4.44. The van der Waals surface area contributed by atoms with Gasteiger partial charge in [-0.15, -0.1) is 5.10 Å². The molecule has 0 fully saturated rings. The highest BCUT2D eigenvalue weighted by molar-refractivity contribution is 9.10. The summed E-state index contributed by atoms with van der Waals surface area (Å²) in [6, 6.07) is 4.84. The topological polar surface area (TPSA) is 69.9 Å². The Kier molecular flexibility index (Phi) is 5.07. The van der Waals surface area contributed by atoms with Gasteiger partial charge in [-0.2, -0.15) is 0 Å². The molecule has 0 N–H and O–H groups in total. The molecule has 1 aromatic carbocycles. The van der Waals surface area contributed by atoms with Gasteiger partial charge in [0.15, 0.2) is 0 Å². The van der Waals surface area contributed by atoms with E-state index in [1.54, 1.807) is 12.1 Å². The van der Waals surface area contributed by atoms with Crippen molar-refractivity contribution < 1.29 is 13.9 Å². The second-order valence-corrected chi connectivity index (χ2v) is 5.58. The van der Waals surface area contributed by atoms with Crippen molar-refractivity contribution in [2.24, 2.45) is 0 Å². The highest BCUT2D eigenvalue weighted by Crippen LogP contribution is 2.23. The molecule has 9 heteroatoms. The van der Waals surface area contributed by atoms with Gasteiger partial charge < -0.3 is 4.74 Å². The minimum atomic E-state index is -0.450. The zero-order valence-corrected chi connectivity index (χ0v) is 12.8. The van der Waals surface area contributed by atoms with E-state index in [1.807, 2.05) is 0 Å². The standard InChI is InChI=1S/C11H10BrFN4O2S/c1-19-10(18)5-17-11(14-15-16-17)20-6-7-2-3-8(12)4-9(7)13/h2-4H,5-6H2,1H3. The van der Waals surface area contributed by atoms with Crippen LogP contribution in [0.3, 0.4) is 0 Å². The van der Waals surface area contributed by atoms with Gasteiger partial charge in [0.05, 0.1) is 7.11 Å². The van der Waals surface area contributed by atoms with Crippen molar-refractivity contribution in [1.29, 1.82) is 0 Å². The number of hydrogen-bond donors (Lipinski definition) is 0. The fraction of sp³-hybridized carbons (Fsp3) is 0.273. The Labute approximate surface area is 126 Å². The Hall–Kier alpha value is -1.48. The minimum absolute atomic E-state index is 0.0747. The maximum Gasteiger partial charge on any atom is 0.327 e. The monoisotopic (exact) mass is 360 g/mol. The molecule has 0 atom stereocenters. The van der Waals surface area contributed by atoms with Crippen molar-refractivity contribution >= 4 is 33.7 Å². The van der Waals surface area contributed by atoms with Gasteiger partial charge in [0.1, 0.15) is 12.4 Å². The Morgan fingerprint density at radius 1 is 1.55 bits per heavy atom. The number of benzene rings is 1. The Morgan fingerprint density at radius 3 is 3.05 bits per heavy atom. The van der Waals surface area contributed by atoms with Crippen molar-refractivity contribution in [3.8, 4) is 0 Å². The molecule has 106 valence electrons. The van der Waals surface area contributed by atoms with Crippen LogP contribution in [0.5, 0.6) is 0 Å². The zero-order chi connectivity index (χ0) is 14.5. The first-order valence-electron chi connectivity index (χ1n) is 5.50. The number of aromatic nitrogens is 4. The van der Waals surface area contributed by atoms with Crippen molar-refractivity contribution in [2.45, 2.75) is 17.5 Å². The van der Waals surface area contributed by atoms with Crippen LogP contribution in [0.4, 0.5) is 4.39 Å². The highest BCUT2D eigenvalue weighted by Gasteiger charge is 2.12. The second-order valence-electron chi connectivity index (χ2n) is 3.72. The van der Waals surface area contributed by atoms with Crippen molar-refractivity contribution in [1.82, 2.24) is 20.2 Å². The summed E-state index contributed by atoms with van der Waals surface area (Å²) in [4.78, 5) is 11.2. The number of ether oxygens (including phenoxy) is 1. The Bertz CT molecular complexity index is 622. The highest BCUT2D eigenvalue weighted by atomic mass is 79.9. The van der Waals surface area contributed by atoms with Crippen molar-refractivity contribution in [3.63, 3.8) is 0 Å².